The fraction of sp³-hybridized carbons (Fsp3) is 1.00. The third-order valence-electron chi connectivity index (χ3n) is 1.99. The first-order chi connectivity index (χ1) is 5.91. The topological polar surface area (TPSA) is 131 Å². The van der Waals surface area contributed by atoms with Crippen LogP contribution in [0.25, 0.3) is 0 Å². The van der Waals surface area contributed by atoms with Crippen molar-refractivity contribution in [2.45, 2.75) is 30.4 Å². The fourth-order valence-corrected chi connectivity index (χ4v) is 1.13. The van der Waals surface area contributed by atoms with E-state index in [1.165, 1.54) is 0 Å². The lowest BCUT2D eigenvalue weighted by molar-refractivity contribution is -0.381. The maximum atomic E-state index is 9.13. The third kappa shape index (κ3) is 1.67. The van der Waals surface area contributed by atoms with Gasteiger partial charge in [0.05, 0.1) is 6.61 Å². The largest absolute Gasteiger partial charge is 0.394 e. The molecule has 0 saturated carbocycles. The van der Waals surface area contributed by atoms with Gasteiger partial charge in [-0.3, -0.25) is 0 Å². The molecule has 78 valence electrons. The van der Waals surface area contributed by atoms with Gasteiger partial charge in [-0.15, -0.1) is 0 Å². The summed E-state index contributed by atoms with van der Waals surface area (Å²) < 4.78 is 4.48. The Morgan fingerprint density at radius 3 is 2.08 bits per heavy atom. The van der Waals surface area contributed by atoms with E-state index in [4.69, 9.17) is 30.6 Å². The Hall–Kier alpha value is -0.280. The normalized spacial score (nSPS) is 44.8. The Bertz CT molecular complexity index is 182. The summed E-state index contributed by atoms with van der Waals surface area (Å²) in [6.45, 7) is -0.701. The van der Waals surface area contributed by atoms with Crippen molar-refractivity contribution in [1.82, 2.24) is 0 Å². The molecular weight excluding hydrogens is 184 g/mol. The number of rotatable bonds is 1. The molecule has 0 bridgehead atoms. The predicted molar refractivity (Wildman–Crippen MR) is 37.1 cm³/mol. The number of aliphatic hydroxyl groups is 6. The molecule has 0 aromatic carbocycles. The molecule has 1 fully saturated rings. The molecule has 6 N–H and O–H groups in total. The lowest BCUT2D eigenvalue weighted by atomic mass is 9.95. The van der Waals surface area contributed by atoms with E-state index in [-0.39, 0.29) is 0 Å². The maximum Gasteiger partial charge on any atom is 0.224 e. The quantitative estimate of drug-likeness (QED) is 0.236. The van der Waals surface area contributed by atoms with Gasteiger partial charge in [-0.05, 0) is 0 Å². The van der Waals surface area contributed by atoms with Crippen molar-refractivity contribution in [2.24, 2.45) is 0 Å². The molecule has 7 nitrogen and oxygen atoms in total. The SMILES string of the molecule is OC[C@H]1OC(O)[C@@H](O)C(O)(O)[C@H]1O. The maximum absolute atomic E-state index is 9.13. The fourth-order valence-electron chi connectivity index (χ4n) is 1.13. The van der Waals surface area contributed by atoms with Gasteiger partial charge >= 0.3 is 0 Å². The molecule has 0 aromatic rings. The average molecular weight is 196 g/mol. The molecule has 13 heavy (non-hydrogen) atoms. The zero-order chi connectivity index (χ0) is 10.2. The van der Waals surface area contributed by atoms with Crippen LogP contribution in [0.2, 0.25) is 0 Å². The first-order valence-electron chi connectivity index (χ1n) is 3.66. The van der Waals surface area contributed by atoms with E-state index < -0.39 is 37.0 Å². The van der Waals surface area contributed by atoms with Crippen molar-refractivity contribution < 1.29 is 35.4 Å². The third-order valence-corrected chi connectivity index (χ3v) is 1.99. The summed E-state index contributed by atoms with van der Waals surface area (Å²) in [5.74, 6) is -2.88. The number of aliphatic hydroxyl groups excluding tert-OH is 4. The molecule has 0 aliphatic carbocycles. The Morgan fingerprint density at radius 2 is 1.62 bits per heavy atom. The van der Waals surface area contributed by atoms with Gasteiger partial charge in [0.25, 0.3) is 0 Å². The summed E-state index contributed by atoms with van der Waals surface area (Å²) in [6.07, 6.45) is -7.11. The van der Waals surface area contributed by atoms with Crippen LogP contribution in [-0.4, -0.2) is 67.6 Å². The highest BCUT2D eigenvalue weighted by atomic mass is 16.7. The Morgan fingerprint density at radius 1 is 1.08 bits per heavy atom. The molecule has 0 spiro atoms. The minimum absolute atomic E-state index is 0.701. The first-order valence-corrected chi connectivity index (χ1v) is 3.66. The molecule has 0 radical (unpaired) electrons. The van der Waals surface area contributed by atoms with Crippen molar-refractivity contribution in [3.05, 3.63) is 0 Å². The molecular formula is C6H12O7. The number of ether oxygens (including phenoxy) is 1. The van der Waals surface area contributed by atoms with Gasteiger partial charge in [-0.25, -0.2) is 0 Å². The summed E-state index contributed by atoms with van der Waals surface area (Å²) in [4.78, 5) is 0. The smallest absolute Gasteiger partial charge is 0.224 e. The summed E-state index contributed by atoms with van der Waals surface area (Å²) in [5.41, 5.74) is 0. The Labute approximate surface area is 73.4 Å². The van der Waals surface area contributed by atoms with E-state index >= 15 is 0 Å². The highest BCUT2D eigenvalue weighted by Crippen LogP contribution is 2.26. The van der Waals surface area contributed by atoms with Crippen LogP contribution in [0.4, 0.5) is 0 Å². The highest BCUT2D eigenvalue weighted by Gasteiger charge is 2.53. The Balaban J connectivity index is 2.82. The minimum atomic E-state index is -2.88. The Kier molecular flexibility index (Phi) is 2.88. The van der Waals surface area contributed by atoms with Crippen LogP contribution in [0.5, 0.6) is 0 Å². The molecule has 1 rings (SSSR count). The van der Waals surface area contributed by atoms with Gasteiger partial charge in [0, 0.05) is 0 Å². The van der Waals surface area contributed by atoms with Crippen LogP contribution in [0.1, 0.15) is 0 Å². The van der Waals surface area contributed by atoms with Gasteiger partial charge in [0.2, 0.25) is 5.79 Å². The standard InChI is InChI=1S/C6H12O7/c7-1-2-3(8)6(11,12)4(9)5(10)13-2/h2-5,7-12H,1H2/t2-,3+,4-,5?/m1/s1. The molecule has 1 aliphatic heterocycles. The summed E-state index contributed by atoms with van der Waals surface area (Å²) in [5, 5.41) is 53.8. The van der Waals surface area contributed by atoms with E-state index in [1.54, 1.807) is 0 Å². The van der Waals surface area contributed by atoms with Gasteiger partial charge < -0.3 is 35.4 Å². The number of hydrogen-bond acceptors (Lipinski definition) is 7. The van der Waals surface area contributed by atoms with Gasteiger partial charge in [0.15, 0.2) is 12.4 Å². The van der Waals surface area contributed by atoms with E-state index in [0.29, 0.717) is 0 Å². The van der Waals surface area contributed by atoms with E-state index in [2.05, 4.69) is 4.74 Å². The van der Waals surface area contributed by atoms with Crippen molar-refractivity contribution in [3.63, 3.8) is 0 Å². The first kappa shape index (κ1) is 10.8. The predicted octanol–water partition coefficient (Wildman–Crippen LogP) is -3.90. The summed E-state index contributed by atoms with van der Waals surface area (Å²) >= 11 is 0. The van der Waals surface area contributed by atoms with Crippen molar-refractivity contribution in [1.29, 1.82) is 0 Å². The second kappa shape index (κ2) is 3.46. The van der Waals surface area contributed by atoms with E-state index in [9.17, 15) is 0 Å². The summed E-state index contributed by atoms with van der Waals surface area (Å²) in [7, 11) is 0. The van der Waals surface area contributed by atoms with E-state index in [1.807, 2.05) is 0 Å². The van der Waals surface area contributed by atoms with Crippen molar-refractivity contribution in [3.8, 4) is 0 Å². The van der Waals surface area contributed by atoms with E-state index in [0.717, 1.165) is 0 Å². The molecule has 7 heteroatoms. The molecule has 1 saturated heterocycles. The number of hydrogen-bond donors (Lipinski definition) is 6. The van der Waals surface area contributed by atoms with Gasteiger partial charge in [-0.2, -0.15) is 0 Å². The molecule has 4 atom stereocenters. The van der Waals surface area contributed by atoms with Crippen molar-refractivity contribution in [2.75, 3.05) is 6.61 Å². The molecule has 1 heterocycles. The molecule has 0 aromatic heterocycles. The van der Waals surface area contributed by atoms with Crippen LogP contribution in [-0.2, 0) is 4.74 Å². The lowest BCUT2D eigenvalue weighted by Gasteiger charge is -2.42. The van der Waals surface area contributed by atoms with Crippen LogP contribution < -0.4 is 0 Å². The van der Waals surface area contributed by atoms with Crippen molar-refractivity contribution >= 4 is 0 Å². The summed E-state index contributed by atoms with van der Waals surface area (Å²) in [6, 6.07) is 0. The molecule has 1 unspecified atom stereocenters. The van der Waals surface area contributed by atoms with Gasteiger partial charge in [0.1, 0.15) is 12.2 Å². The van der Waals surface area contributed by atoms with Gasteiger partial charge in [-0.1, -0.05) is 0 Å². The van der Waals surface area contributed by atoms with Crippen LogP contribution >= 0.6 is 0 Å². The molecule has 0 amide bonds. The van der Waals surface area contributed by atoms with Crippen LogP contribution in [0.3, 0.4) is 0 Å². The second-order valence-corrected chi connectivity index (χ2v) is 2.92. The average Bonchev–Trinajstić information content (AvgIpc) is 2.09. The lowest BCUT2D eigenvalue weighted by Crippen LogP contribution is -2.67. The molecule has 1 aliphatic rings. The monoisotopic (exact) mass is 196 g/mol. The highest BCUT2D eigenvalue weighted by molar-refractivity contribution is 4.93. The minimum Gasteiger partial charge on any atom is -0.394 e. The zero-order valence-corrected chi connectivity index (χ0v) is 6.61. The van der Waals surface area contributed by atoms with Crippen LogP contribution in [0.15, 0.2) is 0 Å². The second-order valence-electron chi connectivity index (χ2n) is 2.92. The zero-order valence-electron chi connectivity index (χ0n) is 6.61. The van der Waals surface area contributed by atoms with Crippen LogP contribution in [0, 0.1) is 0 Å².